The van der Waals surface area contributed by atoms with Crippen LogP contribution >= 0.6 is 7.82 Å². The number of anilines is 1. The van der Waals surface area contributed by atoms with Gasteiger partial charge in [-0.2, -0.15) is 0 Å². The van der Waals surface area contributed by atoms with Crippen molar-refractivity contribution >= 4 is 54.4 Å². The zero-order valence-corrected chi connectivity index (χ0v) is 15.6. The minimum Gasteiger partial charge on any atom is -0.412 e. The summed E-state index contributed by atoms with van der Waals surface area (Å²) in [4.78, 5) is 29.4. The fourth-order valence-corrected chi connectivity index (χ4v) is 2.63. The van der Waals surface area contributed by atoms with Gasteiger partial charge in [0.1, 0.15) is 24.2 Å². The van der Waals surface area contributed by atoms with E-state index < -0.39 is 32.9 Å². The average Bonchev–Trinajstić information content (AvgIpc) is 3.00. The number of fused-ring (bicyclic) bond motifs is 1. The normalized spacial score (nSPS) is 23.7. The molecule has 3 unspecified atom stereocenters. The van der Waals surface area contributed by atoms with Gasteiger partial charge in [0.15, 0.2) is 11.5 Å². The number of nitrogens with two attached hydrogens (primary N) is 1. The van der Waals surface area contributed by atoms with Crippen LogP contribution in [-0.2, 0) is 13.8 Å². The van der Waals surface area contributed by atoms with Gasteiger partial charge in [-0.1, -0.05) is 0 Å². The van der Waals surface area contributed by atoms with Crippen molar-refractivity contribution in [3.8, 4) is 0 Å². The minimum atomic E-state index is -4.62. The summed E-state index contributed by atoms with van der Waals surface area (Å²) in [6.45, 7) is -0.425. The number of ether oxygens (including phenoxy) is 1. The molecular weight excluding hydrogens is 356 g/mol. The van der Waals surface area contributed by atoms with Crippen LogP contribution in [0, 0.1) is 0 Å². The Balaban J connectivity index is 0.00000144. The number of rotatable bonds is 4. The summed E-state index contributed by atoms with van der Waals surface area (Å²) in [6, 6.07) is 0. The van der Waals surface area contributed by atoms with E-state index in [1.54, 1.807) is 4.57 Å². The molecule has 1 saturated heterocycles. The van der Waals surface area contributed by atoms with E-state index >= 15 is 0 Å². The molecule has 2 aromatic rings. The van der Waals surface area contributed by atoms with Crippen molar-refractivity contribution in [3.63, 3.8) is 0 Å². The van der Waals surface area contributed by atoms with Crippen LogP contribution in [0.4, 0.5) is 5.82 Å². The van der Waals surface area contributed by atoms with Crippen molar-refractivity contribution in [2.45, 2.75) is 24.9 Å². The SMILES string of the molecule is Nc1ncnc2c1ncn2C1CC(O)C(COP(=O)(O)O)O1.O.[Na]. The molecule has 129 valence electrons. The Morgan fingerprint density at radius 3 is 2.79 bits per heavy atom. The number of phosphoric ester groups is 1. The van der Waals surface area contributed by atoms with Gasteiger partial charge in [0, 0.05) is 36.0 Å². The van der Waals surface area contributed by atoms with Gasteiger partial charge in [-0.15, -0.1) is 0 Å². The number of phosphoric acid groups is 1. The first-order valence-electron chi connectivity index (χ1n) is 6.32. The van der Waals surface area contributed by atoms with E-state index in [9.17, 15) is 9.67 Å². The molecule has 1 aliphatic heterocycles. The van der Waals surface area contributed by atoms with Gasteiger partial charge in [-0.25, -0.2) is 19.5 Å². The number of aliphatic hydroxyl groups is 1. The van der Waals surface area contributed by atoms with Gasteiger partial charge in [0.2, 0.25) is 0 Å². The minimum absolute atomic E-state index is 0. The third kappa shape index (κ3) is 4.49. The van der Waals surface area contributed by atoms with E-state index in [0.717, 1.165) is 0 Å². The summed E-state index contributed by atoms with van der Waals surface area (Å²) in [5.41, 5.74) is 6.55. The smallest absolute Gasteiger partial charge is 0.412 e. The van der Waals surface area contributed by atoms with Crippen LogP contribution in [0.3, 0.4) is 0 Å². The molecule has 1 radical (unpaired) electrons. The van der Waals surface area contributed by atoms with Crippen molar-refractivity contribution < 1.29 is 34.2 Å². The predicted molar refractivity (Wildman–Crippen MR) is 81.6 cm³/mol. The first kappa shape index (κ1) is 21.4. The molecule has 0 aromatic carbocycles. The van der Waals surface area contributed by atoms with Crippen molar-refractivity contribution in [2.24, 2.45) is 0 Å². The summed E-state index contributed by atoms with van der Waals surface area (Å²) in [7, 11) is -4.62. The average molecular weight is 372 g/mol. The standard InChI is InChI=1S/C10H14N5O6P.Na.H2O/c11-9-8-10(13-3-12-9)15(4-14-8)7-1-5(16)6(21-7)2-20-22(17,18)19;;/h3-7,16H,1-2H2,(H2,11,12,13)(H2,17,18,19);;1H2. The summed E-state index contributed by atoms with van der Waals surface area (Å²) >= 11 is 0. The second-order valence-corrected chi connectivity index (χ2v) is 6.04. The number of aliphatic hydroxyl groups excluding tert-OH is 1. The monoisotopic (exact) mass is 372 g/mol. The van der Waals surface area contributed by atoms with Gasteiger partial charge in [-0.3, -0.25) is 9.09 Å². The fourth-order valence-electron chi connectivity index (χ4n) is 2.29. The number of nitrogen functional groups attached to an aromatic ring is 1. The first-order valence-corrected chi connectivity index (χ1v) is 7.85. The van der Waals surface area contributed by atoms with Crippen LogP contribution in [0.1, 0.15) is 12.6 Å². The summed E-state index contributed by atoms with van der Waals surface area (Å²) in [5, 5.41) is 9.93. The van der Waals surface area contributed by atoms with Crippen molar-refractivity contribution in [1.82, 2.24) is 19.5 Å². The van der Waals surface area contributed by atoms with Crippen molar-refractivity contribution in [2.75, 3.05) is 12.3 Å². The molecule has 3 heterocycles. The number of hydrogen-bond donors (Lipinski definition) is 4. The van der Waals surface area contributed by atoms with Crippen LogP contribution in [0.5, 0.6) is 0 Å². The molecule has 3 atom stereocenters. The van der Waals surface area contributed by atoms with Gasteiger partial charge >= 0.3 is 7.82 Å². The molecule has 12 nitrogen and oxygen atoms in total. The van der Waals surface area contributed by atoms with Crippen molar-refractivity contribution in [1.29, 1.82) is 0 Å². The van der Waals surface area contributed by atoms with Gasteiger partial charge in [-0.05, 0) is 0 Å². The van der Waals surface area contributed by atoms with Crippen LogP contribution < -0.4 is 5.73 Å². The molecule has 3 rings (SSSR count). The quantitative estimate of drug-likeness (QED) is 0.342. The molecule has 24 heavy (non-hydrogen) atoms. The maximum atomic E-state index is 10.7. The molecule has 0 aliphatic carbocycles. The first-order chi connectivity index (χ1) is 10.3. The van der Waals surface area contributed by atoms with E-state index in [1.165, 1.54) is 12.7 Å². The van der Waals surface area contributed by atoms with Gasteiger partial charge in [0.05, 0.1) is 19.0 Å². The molecule has 7 N–H and O–H groups in total. The van der Waals surface area contributed by atoms with E-state index in [2.05, 4.69) is 19.5 Å². The Labute approximate surface area is 157 Å². The largest absolute Gasteiger partial charge is 0.469 e. The number of hydrogen-bond acceptors (Lipinski definition) is 8. The zero-order valence-electron chi connectivity index (χ0n) is 12.7. The van der Waals surface area contributed by atoms with Gasteiger partial charge < -0.3 is 30.8 Å². The Hall–Kier alpha value is -0.660. The number of aromatic nitrogens is 4. The topological polar surface area (TPSA) is 197 Å². The van der Waals surface area contributed by atoms with E-state index in [-0.39, 0.29) is 47.3 Å². The Kier molecular flexibility index (Phi) is 7.26. The number of imidazole rings is 1. The van der Waals surface area contributed by atoms with E-state index in [4.69, 9.17) is 20.3 Å². The fraction of sp³-hybridized carbons (Fsp3) is 0.500. The molecule has 2 aromatic heterocycles. The third-order valence-electron chi connectivity index (χ3n) is 3.31. The summed E-state index contributed by atoms with van der Waals surface area (Å²) < 4.78 is 22.2. The van der Waals surface area contributed by atoms with Crippen LogP contribution in [0.25, 0.3) is 11.2 Å². The Bertz CT molecular complexity index is 739. The Morgan fingerprint density at radius 1 is 1.42 bits per heavy atom. The Morgan fingerprint density at radius 2 is 2.12 bits per heavy atom. The second kappa shape index (κ2) is 8.15. The van der Waals surface area contributed by atoms with Crippen LogP contribution in [0.15, 0.2) is 12.7 Å². The van der Waals surface area contributed by atoms with E-state index in [1.807, 2.05) is 0 Å². The third-order valence-corrected chi connectivity index (χ3v) is 3.79. The van der Waals surface area contributed by atoms with Crippen molar-refractivity contribution in [3.05, 3.63) is 12.7 Å². The second-order valence-electron chi connectivity index (χ2n) is 4.80. The zero-order chi connectivity index (χ0) is 15.9. The molecule has 0 saturated carbocycles. The summed E-state index contributed by atoms with van der Waals surface area (Å²) in [5.74, 6) is 0.226. The van der Waals surface area contributed by atoms with Crippen LogP contribution in [0.2, 0.25) is 0 Å². The molecule has 1 aliphatic rings. The van der Waals surface area contributed by atoms with E-state index in [0.29, 0.717) is 11.2 Å². The molecular formula is C10H16N5NaO7P. The molecule has 14 heteroatoms. The molecule has 1 fully saturated rings. The molecule has 0 amide bonds. The van der Waals surface area contributed by atoms with Crippen LogP contribution in [-0.4, -0.2) is 88.3 Å². The van der Waals surface area contributed by atoms with Gasteiger partial charge in [0.25, 0.3) is 0 Å². The maximum absolute atomic E-state index is 10.7. The molecule has 0 bridgehead atoms. The maximum Gasteiger partial charge on any atom is 0.469 e. The number of nitrogens with zero attached hydrogens (tertiary/aromatic N) is 4. The molecule has 0 spiro atoms. The summed E-state index contributed by atoms with van der Waals surface area (Å²) in [6.07, 6.45) is 0.543. The predicted octanol–water partition coefficient (Wildman–Crippen LogP) is -2.04.